The van der Waals surface area contributed by atoms with Crippen LogP contribution in [0.4, 0.5) is 0 Å². The highest BCUT2D eigenvalue weighted by Gasteiger charge is 2.32. The van der Waals surface area contributed by atoms with Crippen LogP contribution < -0.4 is 5.32 Å². The zero-order valence-corrected chi connectivity index (χ0v) is 10.9. The van der Waals surface area contributed by atoms with Crippen molar-refractivity contribution in [3.8, 4) is 0 Å². The molecule has 2 unspecified atom stereocenters. The quantitative estimate of drug-likeness (QED) is 0.621. The first-order valence-electron chi connectivity index (χ1n) is 6.51. The highest BCUT2D eigenvalue weighted by atomic mass is 15.1. The molecule has 1 aliphatic rings. The van der Waals surface area contributed by atoms with Gasteiger partial charge in [0.15, 0.2) is 0 Å². The van der Waals surface area contributed by atoms with Crippen molar-refractivity contribution in [1.29, 1.82) is 0 Å². The number of hydrogen-bond acceptors (Lipinski definition) is 2. The van der Waals surface area contributed by atoms with Crippen LogP contribution in [0.1, 0.15) is 40.0 Å². The van der Waals surface area contributed by atoms with Crippen molar-refractivity contribution in [2.75, 3.05) is 26.7 Å². The monoisotopic (exact) mass is 212 g/mol. The third-order valence-electron chi connectivity index (χ3n) is 3.34. The van der Waals surface area contributed by atoms with Crippen LogP contribution in [-0.4, -0.2) is 37.6 Å². The van der Waals surface area contributed by atoms with E-state index in [0.717, 1.165) is 11.8 Å². The number of nitrogens with one attached hydrogen (secondary N) is 1. The van der Waals surface area contributed by atoms with E-state index in [-0.39, 0.29) is 0 Å². The summed E-state index contributed by atoms with van der Waals surface area (Å²) in [4.78, 5) is 2.50. The zero-order valence-electron chi connectivity index (χ0n) is 10.9. The molecule has 1 aliphatic carbocycles. The maximum atomic E-state index is 3.46. The predicted molar refractivity (Wildman–Crippen MR) is 67.1 cm³/mol. The largest absolute Gasteiger partial charge is 0.315 e. The van der Waals surface area contributed by atoms with Gasteiger partial charge in [-0.1, -0.05) is 20.8 Å². The lowest BCUT2D eigenvalue weighted by Gasteiger charge is -2.16. The minimum atomic E-state index is 0.634. The molecule has 0 radical (unpaired) electrons. The average molecular weight is 212 g/mol. The minimum Gasteiger partial charge on any atom is -0.315 e. The molecule has 2 heteroatoms. The lowest BCUT2D eigenvalue weighted by Crippen LogP contribution is -2.26. The number of nitrogens with zero attached hydrogens (tertiary/aromatic N) is 1. The van der Waals surface area contributed by atoms with Crippen molar-refractivity contribution in [2.45, 2.75) is 46.1 Å². The Labute approximate surface area is 95.4 Å². The number of rotatable bonds is 8. The minimum absolute atomic E-state index is 0.634. The third-order valence-corrected chi connectivity index (χ3v) is 3.34. The van der Waals surface area contributed by atoms with Crippen LogP contribution in [0.5, 0.6) is 0 Å². The molecule has 2 nitrogen and oxygen atoms in total. The molecule has 0 saturated heterocycles. The van der Waals surface area contributed by atoms with Gasteiger partial charge in [-0.3, -0.25) is 0 Å². The molecule has 0 aromatic carbocycles. The molecule has 1 N–H and O–H groups in total. The van der Waals surface area contributed by atoms with Gasteiger partial charge in [0.1, 0.15) is 0 Å². The van der Waals surface area contributed by atoms with E-state index in [1.54, 1.807) is 0 Å². The summed E-state index contributed by atoms with van der Waals surface area (Å²) in [5, 5.41) is 3.46. The third kappa shape index (κ3) is 6.16. The van der Waals surface area contributed by atoms with E-state index in [0.29, 0.717) is 6.04 Å². The average Bonchev–Trinajstić information content (AvgIpc) is 2.80. The van der Waals surface area contributed by atoms with Crippen molar-refractivity contribution >= 4 is 0 Å². The van der Waals surface area contributed by atoms with Crippen molar-refractivity contribution in [3.63, 3.8) is 0 Å². The van der Waals surface area contributed by atoms with Crippen molar-refractivity contribution < 1.29 is 0 Å². The van der Waals surface area contributed by atoms with Crippen LogP contribution >= 0.6 is 0 Å². The standard InChI is InChI=1S/C13H28N2/c1-11(2)14-7-5-6-8-15(4)10-13-9-12(13)3/h11-14H,5-10H2,1-4H3. The molecular formula is C13H28N2. The summed E-state index contributed by atoms with van der Waals surface area (Å²) in [5.41, 5.74) is 0. The lowest BCUT2D eigenvalue weighted by molar-refractivity contribution is 0.306. The molecule has 0 aromatic rings. The highest BCUT2D eigenvalue weighted by molar-refractivity contribution is 4.84. The first-order chi connectivity index (χ1) is 7.09. The lowest BCUT2D eigenvalue weighted by atomic mass is 10.2. The van der Waals surface area contributed by atoms with Gasteiger partial charge in [0, 0.05) is 12.6 Å². The first-order valence-corrected chi connectivity index (χ1v) is 6.51. The van der Waals surface area contributed by atoms with Gasteiger partial charge < -0.3 is 10.2 Å². The molecule has 1 saturated carbocycles. The highest BCUT2D eigenvalue weighted by Crippen LogP contribution is 2.37. The molecule has 0 amide bonds. The Kier molecular flexibility index (Phi) is 5.62. The molecular weight excluding hydrogens is 184 g/mol. The Bertz CT molecular complexity index is 168. The molecule has 90 valence electrons. The fraction of sp³-hybridized carbons (Fsp3) is 1.00. The fourth-order valence-electron chi connectivity index (χ4n) is 2.04. The van der Waals surface area contributed by atoms with E-state index < -0.39 is 0 Å². The molecule has 1 rings (SSSR count). The van der Waals surface area contributed by atoms with Gasteiger partial charge in [0.25, 0.3) is 0 Å². The maximum Gasteiger partial charge on any atom is 0.00103 e. The van der Waals surface area contributed by atoms with Crippen molar-refractivity contribution in [2.24, 2.45) is 11.8 Å². The SMILES string of the molecule is CC(C)NCCCCN(C)CC1CC1C. The predicted octanol–water partition coefficient (Wildman–Crippen LogP) is 2.35. The summed E-state index contributed by atoms with van der Waals surface area (Å²) in [5.74, 6) is 2.00. The first kappa shape index (κ1) is 13.0. The van der Waals surface area contributed by atoms with Crippen LogP contribution in [0.2, 0.25) is 0 Å². The van der Waals surface area contributed by atoms with E-state index in [1.807, 2.05) is 0 Å². The molecule has 2 atom stereocenters. The van der Waals surface area contributed by atoms with Gasteiger partial charge in [-0.15, -0.1) is 0 Å². The summed E-state index contributed by atoms with van der Waals surface area (Å²) in [6.45, 7) is 10.5. The summed E-state index contributed by atoms with van der Waals surface area (Å²) < 4.78 is 0. The Morgan fingerprint density at radius 1 is 1.33 bits per heavy atom. The van der Waals surface area contributed by atoms with E-state index in [9.17, 15) is 0 Å². The Balaban J connectivity index is 1.86. The second kappa shape index (κ2) is 6.49. The summed E-state index contributed by atoms with van der Waals surface area (Å²) in [6, 6.07) is 0.634. The molecule has 0 aromatic heterocycles. The topological polar surface area (TPSA) is 15.3 Å². The van der Waals surface area contributed by atoms with Crippen LogP contribution in [0.15, 0.2) is 0 Å². The van der Waals surface area contributed by atoms with Gasteiger partial charge in [-0.05, 0) is 51.2 Å². The van der Waals surface area contributed by atoms with E-state index in [1.165, 1.54) is 38.9 Å². The van der Waals surface area contributed by atoms with Crippen molar-refractivity contribution in [1.82, 2.24) is 10.2 Å². The molecule has 1 fully saturated rings. The van der Waals surface area contributed by atoms with E-state index in [2.05, 4.69) is 38.0 Å². The van der Waals surface area contributed by atoms with Gasteiger partial charge in [-0.25, -0.2) is 0 Å². The zero-order chi connectivity index (χ0) is 11.3. The van der Waals surface area contributed by atoms with Crippen LogP contribution in [0.25, 0.3) is 0 Å². The summed E-state index contributed by atoms with van der Waals surface area (Å²) in [7, 11) is 2.26. The molecule has 0 bridgehead atoms. The van der Waals surface area contributed by atoms with Crippen LogP contribution in [0.3, 0.4) is 0 Å². The second-order valence-electron chi connectivity index (χ2n) is 5.55. The smallest absolute Gasteiger partial charge is 0.00103 e. The second-order valence-corrected chi connectivity index (χ2v) is 5.55. The molecule has 15 heavy (non-hydrogen) atoms. The van der Waals surface area contributed by atoms with Gasteiger partial charge >= 0.3 is 0 Å². The van der Waals surface area contributed by atoms with E-state index in [4.69, 9.17) is 0 Å². The Hall–Kier alpha value is -0.0800. The molecule has 0 heterocycles. The van der Waals surface area contributed by atoms with Crippen molar-refractivity contribution in [3.05, 3.63) is 0 Å². The Morgan fingerprint density at radius 2 is 2.00 bits per heavy atom. The maximum absolute atomic E-state index is 3.46. The van der Waals surface area contributed by atoms with Gasteiger partial charge in [-0.2, -0.15) is 0 Å². The fourth-order valence-corrected chi connectivity index (χ4v) is 2.04. The van der Waals surface area contributed by atoms with Crippen LogP contribution in [0, 0.1) is 11.8 Å². The van der Waals surface area contributed by atoms with Crippen LogP contribution in [-0.2, 0) is 0 Å². The van der Waals surface area contributed by atoms with Gasteiger partial charge in [0.2, 0.25) is 0 Å². The molecule has 0 aliphatic heterocycles. The Morgan fingerprint density at radius 3 is 2.53 bits per heavy atom. The number of unbranched alkanes of at least 4 members (excludes halogenated alkanes) is 1. The summed E-state index contributed by atoms with van der Waals surface area (Å²) >= 11 is 0. The number of hydrogen-bond donors (Lipinski definition) is 1. The van der Waals surface area contributed by atoms with Gasteiger partial charge in [0.05, 0.1) is 0 Å². The normalized spacial score (nSPS) is 25.2. The summed E-state index contributed by atoms with van der Waals surface area (Å²) in [6.07, 6.45) is 4.10. The molecule has 0 spiro atoms. The van der Waals surface area contributed by atoms with E-state index >= 15 is 0 Å².